The maximum atomic E-state index is 12.3. The highest BCUT2D eigenvalue weighted by Crippen LogP contribution is 2.18. The van der Waals surface area contributed by atoms with Gasteiger partial charge in [0.25, 0.3) is 11.5 Å². The SMILES string of the molecule is COC(=O)CCNC(=O)c1cnc2sc(C)c(C)n2c1=O. The van der Waals surface area contributed by atoms with Gasteiger partial charge in [-0.05, 0) is 13.8 Å². The van der Waals surface area contributed by atoms with Crippen LogP contribution in [0, 0.1) is 13.8 Å². The maximum Gasteiger partial charge on any atom is 0.307 e. The number of rotatable bonds is 4. The van der Waals surface area contributed by atoms with Crippen LogP contribution in [-0.4, -0.2) is 34.9 Å². The van der Waals surface area contributed by atoms with E-state index in [9.17, 15) is 14.4 Å². The summed E-state index contributed by atoms with van der Waals surface area (Å²) in [6.07, 6.45) is 1.32. The van der Waals surface area contributed by atoms with Gasteiger partial charge < -0.3 is 10.1 Å². The van der Waals surface area contributed by atoms with Crippen molar-refractivity contribution in [2.24, 2.45) is 0 Å². The fraction of sp³-hybridized carbons (Fsp3) is 0.385. The van der Waals surface area contributed by atoms with Crippen LogP contribution in [0.3, 0.4) is 0 Å². The van der Waals surface area contributed by atoms with E-state index in [0.717, 1.165) is 10.6 Å². The minimum Gasteiger partial charge on any atom is -0.469 e. The van der Waals surface area contributed by atoms with Crippen LogP contribution in [0.2, 0.25) is 0 Å². The minimum absolute atomic E-state index is 0.0433. The number of nitrogens with zero attached hydrogens (tertiary/aromatic N) is 2. The first-order chi connectivity index (χ1) is 9.95. The fourth-order valence-corrected chi connectivity index (χ4v) is 2.74. The average molecular weight is 309 g/mol. The molecule has 0 spiro atoms. The summed E-state index contributed by atoms with van der Waals surface area (Å²) >= 11 is 1.40. The van der Waals surface area contributed by atoms with Crippen molar-refractivity contribution in [3.63, 3.8) is 0 Å². The maximum absolute atomic E-state index is 12.3. The quantitative estimate of drug-likeness (QED) is 0.838. The third-order valence-corrected chi connectivity index (χ3v) is 4.18. The zero-order chi connectivity index (χ0) is 15.6. The molecular weight excluding hydrogens is 294 g/mol. The smallest absolute Gasteiger partial charge is 0.307 e. The van der Waals surface area contributed by atoms with Gasteiger partial charge in [-0.25, -0.2) is 4.98 Å². The van der Waals surface area contributed by atoms with E-state index in [-0.39, 0.29) is 18.5 Å². The van der Waals surface area contributed by atoms with Crippen molar-refractivity contribution in [1.82, 2.24) is 14.7 Å². The predicted octanol–water partition coefficient (Wildman–Crippen LogP) is 0.666. The van der Waals surface area contributed by atoms with Crippen LogP contribution in [0.5, 0.6) is 0 Å². The van der Waals surface area contributed by atoms with Crippen molar-refractivity contribution in [2.45, 2.75) is 20.3 Å². The first-order valence-electron chi connectivity index (χ1n) is 6.28. The van der Waals surface area contributed by atoms with Crippen molar-refractivity contribution in [3.05, 3.63) is 32.7 Å². The Balaban J connectivity index is 2.24. The summed E-state index contributed by atoms with van der Waals surface area (Å²) in [4.78, 5) is 41.0. The Kier molecular flexibility index (Phi) is 4.37. The molecule has 0 aliphatic rings. The number of aromatic nitrogens is 2. The van der Waals surface area contributed by atoms with Gasteiger partial charge in [-0.2, -0.15) is 0 Å². The average Bonchev–Trinajstić information content (AvgIpc) is 2.74. The number of hydrogen-bond acceptors (Lipinski definition) is 6. The summed E-state index contributed by atoms with van der Waals surface area (Å²) in [6, 6.07) is 0. The molecule has 21 heavy (non-hydrogen) atoms. The lowest BCUT2D eigenvalue weighted by molar-refractivity contribution is -0.140. The number of esters is 1. The van der Waals surface area contributed by atoms with Crippen LogP contribution >= 0.6 is 11.3 Å². The van der Waals surface area contributed by atoms with Crippen LogP contribution in [0.4, 0.5) is 0 Å². The van der Waals surface area contributed by atoms with Crippen LogP contribution in [0.25, 0.3) is 4.96 Å². The molecule has 2 aromatic heterocycles. The minimum atomic E-state index is -0.547. The number of carbonyl (C=O) groups is 2. The molecule has 0 aromatic carbocycles. The van der Waals surface area contributed by atoms with Gasteiger partial charge in [0.2, 0.25) is 0 Å². The Morgan fingerprint density at radius 2 is 2.14 bits per heavy atom. The molecule has 0 aliphatic heterocycles. The van der Waals surface area contributed by atoms with Crippen molar-refractivity contribution in [1.29, 1.82) is 0 Å². The number of aryl methyl sites for hydroxylation is 2. The first kappa shape index (κ1) is 15.2. The van der Waals surface area contributed by atoms with Crippen molar-refractivity contribution >= 4 is 28.2 Å². The number of thiazole rings is 1. The Bertz CT molecular complexity index is 763. The van der Waals surface area contributed by atoms with E-state index < -0.39 is 17.4 Å². The molecule has 0 fully saturated rings. The van der Waals surface area contributed by atoms with Crippen LogP contribution < -0.4 is 10.9 Å². The Morgan fingerprint density at radius 3 is 2.81 bits per heavy atom. The summed E-state index contributed by atoms with van der Waals surface area (Å²) in [5.74, 6) is -0.973. The molecule has 0 radical (unpaired) electrons. The van der Waals surface area contributed by atoms with Gasteiger partial charge in [0.05, 0.1) is 13.5 Å². The molecule has 0 unspecified atom stereocenters. The standard InChI is InChI=1S/C13H15N3O4S/c1-7-8(2)21-13-15-6-9(12(19)16(7)13)11(18)14-5-4-10(17)20-3/h6H,4-5H2,1-3H3,(H,14,18). The lowest BCUT2D eigenvalue weighted by atomic mass is 10.3. The summed E-state index contributed by atoms with van der Waals surface area (Å²) < 4.78 is 5.90. The van der Waals surface area contributed by atoms with Gasteiger partial charge >= 0.3 is 5.97 Å². The lowest BCUT2D eigenvalue weighted by Crippen LogP contribution is -2.33. The van der Waals surface area contributed by atoms with Gasteiger partial charge in [0, 0.05) is 23.3 Å². The van der Waals surface area contributed by atoms with Gasteiger partial charge in [-0.1, -0.05) is 0 Å². The number of methoxy groups -OCH3 is 1. The van der Waals surface area contributed by atoms with E-state index in [1.165, 1.54) is 29.0 Å². The third kappa shape index (κ3) is 2.94. The molecule has 112 valence electrons. The number of hydrogen-bond donors (Lipinski definition) is 1. The van der Waals surface area contributed by atoms with Gasteiger partial charge in [0.1, 0.15) is 5.56 Å². The third-order valence-electron chi connectivity index (χ3n) is 3.11. The lowest BCUT2D eigenvalue weighted by Gasteiger charge is -2.04. The topological polar surface area (TPSA) is 89.8 Å². The molecule has 1 amide bonds. The second-order valence-electron chi connectivity index (χ2n) is 4.42. The van der Waals surface area contributed by atoms with E-state index in [4.69, 9.17) is 0 Å². The monoisotopic (exact) mass is 309 g/mol. The number of carbonyl (C=O) groups excluding carboxylic acids is 2. The zero-order valence-electron chi connectivity index (χ0n) is 11.9. The number of nitrogens with one attached hydrogen (secondary N) is 1. The summed E-state index contributed by atoms with van der Waals surface area (Å²) in [6.45, 7) is 3.81. The molecule has 7 nitrogen and oxygen atoms in total. The largest absolute Gasteiger partial charge is 0.469 e. The molecule has 0 aliphatic carbocycles. The number of ether oxygens (including phenoxy) is 1. The van der Waals surface area contributed by atoms with Crippen molar-refractivity contribution in [2.75, 3.05) is 13.7 Å². The van der Waals surface area contributed by atoms with E-state index >= 15 is 0 Å². The molecule has 0 bridgehead atoms. The highest BCUT2D eigenvalue weighted by atomic mass is 32.1. The van der Waals surface area contributed by atoms with E-state index in [1.54, 1.807) is 6.92 Å². The van der Waals surface area contributed by atoms with Crippen LogP contribution in [0.15, 0.2) is 11.0 Å². The first-order valence-corrected chi connectivity index (χ1v) is 7.10. The summed E-state index contributed by atoms with van der Waals surface area (Å²) in [5, 5.41) is 2.51. The number of amides is 1. The Hall–Kier alpha value is -2.22. The van der Waals surface area contributed by atoms with Gasteiger partial charge in [-0.15, -0.1) is 11.3 Å². The normalized spacial score (nSPS) is 10.6. The van der Waals surface area contributed by atoms with Crippen molar-refractivity contribution < 1.29 is 14.3 Å². The summed E-state index contributed by atoms with van der Waals surface area (Å²) in [5.41, 5.74) is 0.326. The van der Waals surface area contributed by atoms with E-state index in [1.807, 2.05) is 6.92 Å². The summed E-state index contributed by atoms with van der Waals surface area (Å²) in [7, 11) is 1.27. The Labute approximate surface area is 124 Å². The fourth-order valence-electron chi connectivity index (χ4n) is 1.81. The molecule has 2 heterocycles. The molecule has 0 saturated heterocycles. The van der Waals surface area contributed by atoms with Crippen LogP contribution in [-0.2, 0) is 9.53 Å². The van der Waals surface area contributed by atoms with Crippen LogP contribution in [0.1, 0.15) is 27.3 Å². The second kappa shape index (κ2) is 6.04. The highest BCUT2D eigenvalue weighted by molar-refractivity contribution is 7.17. The van der Waals surface area contributed by atoms with Gasteiger partial charge in [0.15, 0.2) is 4.96 Å². The zero-order valence-corrected chi connectivity index (χ0v) is 12.7. The molecular formula is C13H15N3O4S. The molecule has 2 aromatic rings. The van der Waals surface area contributed by atoms with E-state index in [2.05, 4.69) is 15.0 Å². The Morgan fingerprint density at radius 1 is 1.43 bits per heavy atom. The second-order valence-corrected chi connectivity index (χ2v) is 5.60. The molecule has 8 heteroatoms. The molecule has 2 rings (SSSR count). The van der Waals surface area contributed by atoms with Crippen molar-refractivity contribution in [3.8, 4) is 0 Å². The highest BCUT2D eigenvalue weighted by Gasteiger charge is 2.16. The molecule has 0 saturated carbocycles. The van der Waals surface area contributed by atoms with Gasteiger partial charge in [-0.3, -0.25) is 18.8 Å². The van der Waals surface area contributed by atoms with E-state index in [0.29, 0.717) is 4.96 Å². The predicted molar refractivity (Wildman–Crippen MR) is 77.8 cm³/mol. The molecule has 1 N–H and O–H groups in total. The molecule has 0 atom stereocenters. The number of fused-ring (bicyclic) bond motifs is 1.